The zero-order valence-electron chi connectivity index (χ0n) is 17.6. The number of piperazine rings is 1. The Morgan fingerprint density at radius 1 is 1.03 bits per heavy atom. The van der Waals surface area contributed by atoms with Crippen LogP contribution >= 0.6 is 0 Å². The van der Waals surface area contributed by atoms with Gasteiger partial charge in [0.05, 0.1) is 11.9 Å². The zero-order chi connectivity index (χ0) is 21.6. The summed E-state index contributed by atoms with van der Waals surface area (Å²) in [5, 5.41) is 0. The maximum absolute atomic E-state index is 13.2. The summed E-state index contributed by atoms with van der Waals surface area (Å²) in [5.74, 6) is 2.03. The average Bonchev–Trinajstić information content (AvgIpc) is 3.53. The second-order valence-corrected chi connectivity index (χ2v) is 10.7. The van der Waals surface area contributed by atoms with Gasteiger partial charge in [-0.1, -0.05) is 12.8 Å². The fraction of sp³-hybridized carbons (Fsp3) is 0.545. The molecule has 0 bridgehead atoms. The number of carbonyl (C=O) groups excluding carboxylic acids is 1. The van der Waals surface area contributed by atoms with Crippen LogP contribution in [0.2, 0.25) is 0 Å². The molecule has 2 aliphatic carbocycles. The fourth-order valence-electron chi connectivity index (χ4n) is 5.21. The first-order chi connectivity index (χ1) is 15.0. The first-order valence-electron chi connectivity index (χ1n) is 11.0. The van der Waals surface area contributed by atoms with Gasteiger partial charge in [-0.15, -0.1) is 0 Å². The molecule has 0 unspecified atom stereocenters. The molecule has 2 aromatic heterocycles. The van der Waals surface area contributed by atoms with Crippen LogP contribution in [0.15, 0.2) is 35.6 Å². The van der Waals surface area contributed by atoms with Crippen LogP contribution in [0.4, 0.5) is 0 Å². The van der Waals surface area contributed by atoms with Crippen molar-refractivity contribution in [2.24, 2.45) is 17.8 Å². The van der Waals surface area contributed by atoms with Crippen LogP contribution in [0, 0.1) is 24.7 Å². The van der Waals surface area contributed by atoms with Crippen molar-refractivity contribution in [3.05, 3.63) is 36.4 Å². The molecular formula is C22H27N5O3S. The lowest BCUT2D eigenvalue weighted by Crippen LogP contribution is -2.51. The summed E-state index contributed by atoms with van der Waals surface area (Å²) in [6, 6.07) is 3.57. The molecule has 1 amide bonds. The smallest absolute Gasteiger partial charge is 0.246 e. The number of aryl methyl sites for hydroxylation is 1. The van der Waals surface area contributed by atoms with E-state index < -0.39 is 10.0 Å². The molecule has 3 aliphatic rings. The topological polar surface area (TPSA) is 96.4 Å². The molecule has 3 heterocycles. The Labute approximate surface area is 182 Å². The molecule has 9 heteroatoms. The Hall–Kier alpha value is -2.39. The minimum Gasteiger partial charge on any atom is -0.340 e. The Morgan fingerprint density at radius 3 is 2.29 bits per heavy atom. The van der Waals surface area contributed by atoms with Gasteiger partial charge in [-0.3, -0.25) is 9.78 Å². The molecule has 2 aromatic rings. The van der Waals surface area contributed by atoms with Gasteiger partial charge in [0.2, 0.25) is 15.9 Å². The van der Waals surface area contributed by atoms with Gasteiger partial charge >= 0.3 is 0 Å². The van der Waals surface area contributed by atoms with Gasteiger partial charge in [0.1, 0.15) is 4.90 Å². The number of fused-ring (bicyclic) bond motifs is 1. The Morgan fingerprint density at radius 2 is 1.68 bits per heavy atom. The first-order valence-corrected chi connectivity index (χ1v) is 12.4. The van der Waals surface area contributed by atoms with E-state index in [1.54, 1.807) is 31.5 Å². The van der Waals surface area contributed by atoms with Crippen molar-refractivity contribution in [1.29, 1.82) is 0 Å². The number of aromatic nitrogens is 3. The number of amides is 1. The number of sulfonamides is 1. The molecule has 5 rings (SSSR count). The molecular weight excluding hydrogens is 414 g/mol. The Kier molecular flexibility index (Phi) is 5.26. The minimum absolute atomic E-state index is 0.123. The number of hydrogen-bond donors (Lipinski definition) is 0. The van der Waals surface area contributed by atoms with Crippen LogP contribution in [-0.2, 0) is 14.8 Å². The van der Waals surface area contributed by atoms with Crippen LogP contribution in [0.25, 0.3) is 11.4 Å². The molecule has 1 saturated heterocycles. The van der Waals surface area contributed by atoms with Gasteiger partial charge in [0.25, 0.3) is 0 Å². The summed E-state index contributed by atoms with van der Waals surface area (Å²) in [6.45, 7) is 3.20. The molecule has 31 heavy (non-hydrogen) atoms. The number of carbonyl (C=O) groups is 1. The monoisotopic (exact) mass is 441 g/mol. The van der Waals surface area contributed by atoms with Crippen LogP contribution in [0.1, 0.15) is 31.4 Å². The lowest BCUT2D eigenvalue weighted by Gasteiger charge is -2.34. The normalized spacial score (nSPS) is 26.4. The summed E-state index contributed by atoms with van der Waals surface area (Å²) in [6.07, 6.45) is 9.50. The molecule has 0 aromatic carbocycles. The van der Waals surface area contributed by atoms with Gasteiger partial charge in [0, 0.05) is 50.1 Å². The van der Waals surface area contributed by atoms with E-state index in [-0.39, 0.29) is 16.7 Å². The summed E-state index contributed by atoms with van der Waals surface area (Å²) in [7, 11) is -3.71. The van der Waals surface area contributed by atoms with Gasteiger partial charge in [-0.25, -0.2) is 18.4 Å². The van der Waals surface area contributed by atoms with Crippen molar-refractivity contribution in [2.45, 2.75) is 37.5 Å². The lowest BCUT2D eigenvalue weighted by atomic mass is 10.0. The van der Waals surface area contributed by atoms with Crippen LogP contribution in [-0.4, -0.2) is 64.7 Å². The first kappa shape index (κ1) is 20.5. The van der Waals surface area contributed by atoms with Crippen molar-refractivity contribution in [3.63, 3.8) is 0 Å². The van der Waals surface area contributed by atoms with Crippen molar-refractivity contribution < 1.29 is 13.2 Å². The van der Waals surface area contributed by atoms with E-state index in [2.05, 4.69) is 15.0 Å². The SMILES string of the molecule is Cc1nc(-c2ccncc2)ncc1S(=O)(=O)N1CCN(C(=O)C2[C@@H]3CCCC[C@@H]23)CC1. The van der Waals surface area contributed by atoms with E-state index in [0.717, 1.165) is 5.56 Å². The number of nitrogens with zero attached hydrogens (tertiary/aromatic N) is 5. The largest absolute Gasteiger partial charge is 0.340 e. The minimum atomic E-state index is -3.71. The van der Waals surface area contributed by atoms with Crippen LogP contribution < -0.4 is 0 Å². The van der Waals surface area contributed by atoms with Crippen molar-refractivity contribution in [1.82, 2.24) is 24.2 Å². The molecule has 0 radical (unpaired) electrons. The van der Waals surface area contributed by atoms with E-state index in [0.29, 0.717) is 49.5 Å². The zero-order valence-corrected chi connectivity index (χ0v) is 18.5. The van der Waals surface area contributed by atoms with Crippen molar-refractivity contribution >= 4 is 15.9 Å². The summed E-state index contributed by atoms with van der Waals surface area (Å²) < 4.78 is 27.9. The van der Waals surface area contributed by atoms with Gasteiger partial charge < -0.3 is 4.90 Å². The van der Waals surface area contributed by atoms with E-state index in [4.69, 9.17) is 0 Å². The highest BCUT2D eigenvalue weighted by atomic mass is 32.2. The maximum atomic E-state index is 13.2. The number of rotatable bonds is 4. The highest BCUT2D eigenvalue weighted by molar-refractivity contribution is 7.89. The Balaban J connectivity index is 1.26. The van der Waals surface area contributed by atoms with E-state index >= 15 is 0 Å². The van der Waals surface area contributed by atoms with Gasteiger partial charge in [-0.05, 0) is 43.7 Å². The van der Waals surface area contributed by atoms with Crippen LogP contribution in [0.3, 0.4) is 0 Å². The molecule has 2 atom stereocenters. The van der Waals surface area contributed by atoms with Crippen molar-refractivity contribution in [3.8, 4) is 11.4 Å². The highest BCUT2D eigenvalue weighted by Crippen LogP contribution is 2.56. The van der Waals surface area contributed by atoms with Crippen LogP contribution in [0.5, 0.6) is 0 Å². The van der Waals surface area contributed by atoms with E-state index in [1.807, 2.05) is 4.90 Å². The number of hydrogen-bond acceptors (Lipinski definition) is 6. The lowest BCUT2D eigenvalue weighted by molar-refractivity contribution is -0.134. The third-order valence-electron chi connectivity index (χ3n) is 6.98. The second kappa shape index (κ2) is 7.94. The molecule has 8 nitrogen and oxygen atoms in total. The molecule has 164 valence electrons. The molecule has 3 fully saturated rings. The molecule has 1 aliphatic heterocycles. The fourth-order valence-corrected chi connectivity index (χ4v) is 6.73. The van der Waals surface area contributed by atoms with E-state index in [1.165, 1.54) is 36.2 Å². The van der Waals surface area contributed by atoms with Gasteiger partial charge in [-0.2, -0.15) is 4.31 Å². The second-order valence-electron chi connectivity index (χ2n) is 8.75. The molecule has 0 N–H and O–H groups in total. The predicted molar refractivity (Wildman–Crippen MR) is 114 cm³/mol. The standard InChI is InChI=1S/C22H27N5O3S/c1-15-19(14-24-21(25-15)16-6-8-23-9-7-16)31(29,30)27-12-10-26(11-13-27)22(28)20-17-4-2-3-5-18(17)20/h6-9,14,17-18,20H,2-5,10-13H2,1H3/t17-,18-/m1/s1. The van der Waals surface area contributed by atoms with Gasteiger partial charge in [0.15, 0.2) is 5.82 Å². The van der Waals surface area contributed by atoms with Crippen molar-refractivity contribution in [2.75, 3.05) is 26.2 Å². The summed E-state index contributed by atoms with van der Waals surface area (Å²) >= 11 is 0. The Bertz CT molecular complexity index is 1070. The highest BCUT2D eigenvalue weighted by Gasteiger charge is 2.56. The number of pyridine rings is 1. The average molecular weight is 442 g/mol. The summed E-state index contributed by atoms with van der Waals surface area (Å²) in [5.41, 5.74) is 1.21. The molecule has 0 spiro atoms. The summed E-state index contributed by atoms with van der Waals surface area (Å²) in [4.78, 5) is 27.6. The predicted octanol–water partition coefficient (Wildman–Crippen LogP) is 2.12. The third kappa shape index (κ3) is 3.74. The van der Waals surface area contributed by atoms with E-state index in [9.17, 15) is 13.2 Å². The maximum Gasteiger partial charge on any atom is 0.246 e. The third-order valence-corrected chi connectivity index (χ3v) is 8.98. The quantitative estimate of drug-likeness (QED) is 0.721. The molecule has 2 saturated carbocycles.